The molecular weight excluding hydrogens is 254 g/mol. The number of pyridine rings is 1. The van der Waals surface area contributed by atoms with E-state index in [1.807, 2.05) is 17.0 Å². The van der Waals surface area contributed by atoms with Crippen molar-refractivity contribution in [3.8, 4) is 0 Å². The van der Waals surface area contributed by atoms with Gasteiger partial charge in [0.05, 0.1) is 12.6 Å². The first-order chi connectivity index (χ1) is 9.79. The van der Waals surface area contributed by atoms with Crippen molar-refractivity contribution in [2.45, 2.75) is 25.4 Å². The van der Waals surface area contributed by atoms with E-state index >= 15 is 0 Å². The van der Waals surface area contributed by atoms with Gasteiger partial charge in [-0.1, -0.05) is 0 Å². The Labute approximate surface area is 117 Å². The number of amides is 1. The van der Waals surface area contributed by atoms with Crippen molar-refractivity contribution in [1.29, 1.82) is 0 Å². The Kier molecular flexibility index (Phi) is 3.52. The summed E-state index contributed by atoms with van der Waals surface area (Å²) in [6.07, 6.45) is 5.49. The molecule has 1 saturated heterocycles. The maximum atomic E-state index is 12.5. The molecule has 2 N–H and O–H groups in total. The fourth-order valence-electron chi connectivity index (χ4n) is 2.69. The van der Waals surface area contributed by atoms with Gasteiger partial charge in [0, 0.05) is 18.9 Å². The standard InChI is InChI=1S/C15H17N3O2/c16-10-12-3-4-14(20-12)15(19)18-9-1-2-13(18)11-5-7-17-8-6-11/h3-8,13H,1-2,9-10,16H2. The summed E-state index contributed by atoms with van der Waals surface area (Å²) in [5.74, 6) is 0.934. The minimum absolute atomic E-state index is 0.0657. The molecule has 1 aliphatic heterocycles. The van der Waals surface area contributed by atoms with Gasteiger partial charge in [0.25, 0.3) is 5.91 Å². The summed E-state index contributed by atoms with van der Waals surface area (Å²) in [6, 6.07) is 7.49. The number of hydrogen-bond acceptors (Lipinski definition) is 4. The van der Waals surface area contributed by atoms with Gasteiger partial charge in [-0.2, -0.15) is 0 Å². The second-order valence-corrected chi connectivity index (χ2v) is 4.91. The van der Waals surface area contributed by atoms with Crippen LogP contribution in [0, 0.1) is 0 Å². The number of likely N-dealkylation sites (tertiary alicyclic amines) is 1. The van der Waals surface area contributed by atoms with Crippen molar-refractivity contribution in [2.75, 3.05) is 6.54 Å². The predicted molar refractivity (Wildman–Crippen MR) is 73.8 cm³/mol. The Morgan fingerprint density at radius 1 is 1.35 bits per heavy atom. The number of nitrogens with zero attached hydrogens (tertiary/aromatic N) is 2. The minimum Gasteiger partial charge on any atom is -0.455 e. The highest BCUT2D eigenvalue weighted by Crippen LogP contribution is 2.32. The van der Waals surface area contributed by atoms with Crippen LogP contribution in [0.1, 0.15) is 40.8 Å². The first-order valence-corrected chi connectivity index (χ1v) is 6.79. The van der Waals surface area contributed by atoms with Crippen LogP contribution >= 0.6 is 0 Å². The molecule has 3 rings (SSSR count). The van der Waals surface area contributed by atoms with Crippen LogP contribution in [0.5, 0.6) is 0 Å². The van der Waals surface area contributed by atoms with E-state index in [0.717, 1.165) is 24.9 Å². The second-order valence-electron chi connectivity index (χ2n) is 4.91. The zero-order valence-electron chi connectivity index (χ0n) is 11.2. The highest BCUT2D eigenvalue weighted by Gasteiger charge is 2.31. The molecule has 0 radical (unpaired) electrons. The van der Waals surface area contributed by atoms with E-state index in [1.165, 1.54) is 0 Å². The average molecular weight is 271 g/mol. The molecule has 0 aliphatic carbocycles. The fourth-order valence-corrected chi connectivity index (χ4v) is 2.69. The number of aromatic nitrogens is 1. The van der Waals surface area contributed by atoms with Gasteiger partial charge < -0.3 is 15.1 Å². The molecule has 3 heterocycles. The van der Waals surface area contributed by atoms with Gasteiger partial charge in [0.15, 0.2) is 5.76 Å². The SMILES string of the molecule is NCc1ccc(C(=O)N2CCCC2c2ccncc2)o1. The third-order valence-corrected chi connectivity index (χ3v) is 3.68. The third kappa shape index (κ3) is 2.32. The molecule has 1 aliphatic rings. The number of carbonyl (C=O) groups is 1. The van der Waals surface area contributed by atoms with E-state index in [9.17, 15) is 4.79 Å². The van der Waals surface area contributed by atoms with Gasteiger partial charge in [-0.15, -0.1) is 0 Å². The first-order valence-electron chi connectivity index (χ1n) is 6.79. The summed E-state index contributed by atoms with van der Waals surface area (Å²) in [5.41, 5.74) is 6.63. The van der Waals surface area contributed by atoms with Gasteiger partial charge in [0.1, 0.15) is 5.76 Å². The lowest BCUT2D eigenvalue weighted by atomic mass is 10.1. The predicted octanol–water partition coefficient (Wildman–Crippen LogP) is 2.11. The van der Waals surface area contributed by atoms with E-state index < -0.39 is 0 Å². The second kappa shape index (κ2) is 5.46. The van der Waals surface area contributed by atoms with Crippen LogP contribution in [-0.2, 0) is 6.54 Å². The number of furan rings is 1. The lowest BCUT2D eigenvalue weighted by Crippen LogP contribution is -2.30. The molecule has 0 bridgehead atoms. The Morgan fingerprint density at radius 3 is 2.85 bits per heavy atom. The normalized spacial score (nSPS) is 18.4. The van der Waals surface area contributed by atoms with Crippen LogP contribution in [0.2, 0.25) is 0 Å². The van der Waals surface area contributed by atoms with E-state index in [2.05, 4.69) is 4.98 Å². The molecule has 1 atom stereocenters. The molecule has 0 spiro atoms. The maximum absolute atomic E-state index is 12.5. The smallest absolute Gasteiger partial charge is 0.290 e. The van der Waals surface area contributed by atoms with Crippen LogP contribution in [0.4, 0.5) is 0 Å². The third-order valence-electron chi connectivity index (χ3n) is 3.68. The molecule has 1 fully saturated rings. The molecule has 2 aromatic rings. The molecule has 2 aromatic heterocycles. The molecule has 5 nitrogen and oxygen atoms in total. The van der Waals surface area contributed by atoms with E-state index in [-0.39, 0.29) is 11.9 Å². The highest BCUT2D eigenvalue weighted by atomic mass is 16.4. The number of carbonyl (C=O) groups excluding carboxylic acids is 1. The summed E-state index contributed by atoms with van der Waals surface area (Å²) in [5, 5.41) is 0. The van der Waals surface area contributed by atoms with Crippen LogP contribution in [0.25, 0.3) is 0 Å². The molecule has 1 amide bonds. The van der Waals surface area contributed by atoms with Gasteiger partial charge >= 0.3 is 0 Å². The van der Waals surface area contributed by atoms with E-state index in [4.69, 9.17) is 10.2 Å². The summed E-state index contributed by atoms with van der Waals surface area (Å²) >= 11 is 0. The quantitative estimate of drug-likeness (QED) is 0.928. The Morgan fingerprint density at radius 2 is 2.15 bits per heavy atom. The Bertz CT molecular complexity index is 594. The van der Waals surface area contributed by atoms with E-state index in [1.54, 1.807) is 24.5 Å². The Hall–Kier alpha value is -2.14. The van der Waals surface area contributed by atoms with Gasteiger partial charge in [0.2, 0.25) is 0 Å². The zero-order valence-corrected chi connectivity index (χ0v) is 11.2. The summed E-state index contributed by atoms with van der Waals surface area (Å²) < 4.78 is 5.46. The van der Waals surface area contributed by atoms with Crippen LogP contribution in [-0.4, -0.2) is 22.3 Å². The summed E-state index contributed by atoms with van der Waals surface area (Å²) in [6.45, 7) is 1.06. The lowest BCUT2D eigenvalue weighted by Gasteiger charge is -2.24. The molecular formula is C15H17N3O2. The van der Waals surface area contributed by atoms with Crippen molar-refractivity contribution in [2.24, 2.45) is 5.73 Å². The van der Waals surface area contributed by atoms with Crippen molar-refractivity contribution < 1.29 is 9.21 Å². The minimum atomic E-state index is -0.0657. The van der Waals surface area contributed by atoms with Crippen molar-refractivity contribution in [3.63, 3.8) is 0 Å². The summed E-state index contributed by atoms with van der Waals surface area (Å²) in [7, 11) is 0. The van der Waals surface area contributed by atoms with Gasteiger partial charge in [-0.3, -0.25) is 9.78 Å². The Balaban J connectivity index is 1.83. The number of hydrogen-bond donors (Lipinski definition) is 1. The zero-order chi connectivity index (χ0) is 13.9. The molecule has 20 heavy (non-hydrogen) atoms. The largest absolute Gasteiger partial charge is 0.455 e. The first kappa shape index (κ1) is 12.9. The van der Waals surface area contributed by atoms with Crippen molar-refractivity contribution in [3.05, 3.63) is 53.7 Å². The van der Waals surface area contributed by atoms with Gasteiger partial charge in [-0.25, -0.2) is 0 Å². The average Bonchev–Trinajstić information content (AvgIpc) is 3.16. The molecule has 1 unspecified atom stereocenters. The highest BCUT2D eigenvalue weighted by molar-refractivity contribution is 5.92. The van der Waals surface area contributed by atoms with Gasteiger partial charge in [-0.05, 0) is 42.7 Å². The molecule has 5 heteroatoms. The van der Waals surface area contributed by atoms with Crippen LogP contribution in [0.15, 0.2) is 41.1 Å². The van der Waals surface area contributed by atoms with Crippen LogP contribution < -0.4 is 5.73 Å². The lowest BCUT2D eigenvalue weighted by molar-refractivity contribution is 0.0701. The van der Waals surface area contributed by atoms with Crippen LogP contribution in [0.3, 0.4) is 0 Å². The molecule has 0 aromatic carbocycles. The van der Waals surface area contributed by atoms with Crippen molar-refractivity contribution >= 4 is 5.91 Å². The number of rotatable bonds is 3. The van der Waals surface area contributed by atoms with Crippen molar-refractivity contribution in [1.82, 2.24) is 9.88 Å². The topological polar surface area (TPSA) is 72.4 Å². The maximum Gasteiger partial charge on any atom is 0.290 e. The molecule has 104 valence electrons. The fraction of sp³-hybridized carbons (Fsp3) is 0.333. The monoisotopic (exact) mass is 271 g/mol. The molecule has 0 saturated carbocycles. The van der Waals surface area contributed by atoms with E-state index in [0.29, 0.717) is 18.1 Å². The number of nitrogens with two attached hydrogens (primary N) is 1. The summed E-state index contributed by atoms with van der Waals surface area (Å²) in [4.78, 5) is 18.4.